The van der Waals surface area contributed by atoms with Gasteiger partial charge in [-0.3, -0.25) is 9.55 Å². The molecular formula is C25H18N2O4S2. The number of hydrogen-bond donors (Lipinski definition) is 2. The van der Waals surface area contributed by atoms with Crippen LogP contribution in [0.25, 0.3) is 12.2 Å². The fourth-order valence-corrected chi connectivity index (χ4v) is 5.16. The predicted molar refractivity (Wildman–Crippen MR) is 131 cm³/mol. The first-order valence-electron chi connectivity index (χ1n) is 10.2. The lowest BCUT2D eigenvalue weighted by molar-refractivity contribution is 0.146. The normalized spacial score (nSPS) is 12.6. The number of nitrogens with one attached hydrogen (secondary N) is 1. The summed E-state index contributed by atoms with van der Waals surface area (Å²) in [4.78, 5) is 26.3. The van der Waals surface area contributed by atoms with Gasteiger partial charge in [0.05, 0.1) is 6.54 Å². The molecule has 1 aliphatic carbocycles. The summed E-state index contributed by atoms with van der Waals surface area (Å²) in [7, 11) is 0. The van der Waals surface area contributed by atoms with E-state index >= 15 is 0 Å². The summed E-state index contributed by atoms with van der Waals surface area (Å²) in [5.74, 6) is -0.156. The number of nitrogens with zero attached hydrogens (tertiary/aromatic N) is 1. The Labute approximate surface area is 198 Å². The van der Waals surface area contributed by atoms with Crippen molar-refractivity contribution in [2.24, 2.45) is 0 Å². The highest BCUT2D eigenvalue weighted by molar-refractivity contribution is 7.71. The number of thiophene rings is 1. The molecule has 0 unspecified atom stereocenters. The van der Waals surface area contributed by atoms with Crippen LogP contribution in [-0.2, 0) is 6.54 Å². The monoisotopic (exact) mass is 474 g/mol. The fraction of sp³-hybridized carbons (Fsp3) is 0.0800. The van der Waals surface area contributed by atoms with Crippen molar-refractivity contribution in [1.29, 1.82) is 0 Å². The summed E-state index contributed by atoms with van der Waals surface area (Å²) < 4.78 is 6.66. The number of H-pyrrole nitrogens is 1. The standard InChI is InChI=1S/C25H18N2O4S2/c28-24-26-23(32)20(13-27(24)12-15-11-21(33-14-15)31-25(29)30)22-18-7-3-1-5-16(18)9-10-17-6-2-4-8-19(17)22/h1-11,13-14,22H,12H2,(H,29,30)(H,26,28,32). The molecular weight excluding hydrogens is 456 g/mol. The molecule has 1 aliphatic rings. The first kappa shape index (κ1) is 21.1. The first-order valence-corrected chi connectivity index (χ1v) is 11.5. The van der Waals surface area contributed by atoms with Crippen LogP contribution in [0.5, 0.6) is 5.06 Å². The van der Waals surface area contributed by atoms with E-state index in [4.69, 9.17) is 22.1 Å². The molecule has 2 N–H and O–H groups in total. The van der Waals surface area contributed by atoms with Gasteiger partial charge in [-0.05, 0) is 39.3 Å². The van der Waals surface area contributed by atoms with Crippen molar-refractivity contribution < 1.29 is 14.6 Å². The molecule has 2 heterocycles. The van der Waals surface area contributed by atoms with Gasteiger partial charge < -0.3 is 9.84 Å². The first-order chi connectivity index (χ1) is 16.0. The highest BCUT2D eigenvalue weighted by Crippen LogP contribution is 2.39. The van der Waals surface area contributed by atoms with Crippen LogP contribution in [0.1, 0.15) is 39.3 Å². The lowest BCUT2D eigenvalue weighted by Crippen LogP contribution is -2.25. The number of fused-ring (bicyclic) bond motifs is 2. The third-order valence-corrected chi connectivity index (χ3v) is 6.77. The van der Waals surface area contributed by atoms with Gasteiger partial charge in [-0.1, -0.05) is 72.9 Å². The maximum atomic E-state index is 12.7. The second kappa shape index (κ2) is 8.65. The average Bonchev–Trinajstić information content (AvgIpc) is 3.15. The molecule has 2 aromatic carbocycles. The summed E-state index contributed by atoms with van der Waals surface area (Å²) in [6.45, 7) is 0.256. The minimum absolute atomic E-state index is 0.156. The minimum atomic E-state index is -1.37. The zero-order valence-electron chi connectivity index (χ0n) is 17.2. The summed E-state index contributed by atoms with van der Waals surface area (Å²) in [5.41, 5.74) is 5.66. The van der Waals surface area contributed by atoms with Crippen molar-refractivity contribution in [3.63, 3.8) is 0 Å². The second-order valence-electron chi connectivity index (χ2n) is 7.64. The number of rotatable bonds is 4. The third-order valence-electron chi connectivity index (χ3n) is 5.58. The van der Waals surface area contributed by atoms with Crippen LogP contribution >= 0.6 is 23.6 Å². The molecule has 0 saturated carbocycles. The quantitative estimate of drug-likeness (QED) is 0.256. The smallest absolute Gasteiger partial charge is 0.449 e. The van der Waals surface area contributed by atoms with Crippen molar-refractivity contribution >= 4 is 41.9 Å². The van der Waals surface area contributed by atoms with Crippen LogP contribution in [0, 0.1) is 4.64 Å². The Morgan fingerprint density at radius 3 is 2.33 bits per heavy atom. The van der Waals surface area contributed by atoms with Crippen LogP contribution < -0.4 is 10.4 Å². The van der Waals surface area contributed by atoms with Gasteiger partial charge in [0.2, 0.25) is 0 Å². The van der Waals surface area contributed by atoms with Crippen LogP contribution in [0.4, 0.5) is 4.79 Å². The van der Waals surface area contributed by atoms with Gasteiger partial charge in [-0.25, -0.2) is 9.59 Å². The zero-order valence-corrected chi connectivity index (χ0v) is 18.9. The van der Waals surface area contributed by atoms with E-state index in [1.807, 2.05) is 24.3 Å². The third kappa shape index (κ3) is 4.18. The maximum absolute atomic E-state index is 12.7. The molecule has 0 fully saturated rings. The molecule has 5 rings (SSSR count). The summed E-state index contributed by atoms with van der Waals surface area (Å²) in [6.07, 6.45) is 4.64. The Morgan fingerprint density at radius 2 is 1.70 bits per heavy atom. The lowest BCUT2D eigenvalue weighted by atomic mass is 9.83. The fourth-order valence-electron chi connectivity index (χ4n) is 4.15. The van der Waals surface area contributed by atoms with Crippen molar-refractivity contribution in [3.8, 4) is 5.06 Å². The van der Waals surface area contributed by atoms with Gasteiger partial charge in [0.25, 0.3) is 0 Å². The highest BCUT2D eigenvalue weighted by Gasteiger charge is 2.25. The second-order valence-corrected chi connectivity index (χ2v) is 8.92. The Hall–Kier alpha value is -3.75. The molecule has 0 spiro atoms. The lowest BCUT2D eigenvalue weighted by Gasteiger charge is -2.22. The highest BCUT2D eigenvalue weighted by atomic mass is 32.1. The molecule has 6 nitrogen and oxygen atoms in total. The topological polar surface area (TPSA) is 84.3 Å². The van der Waals surface area contributed by atoms with Gasteiger partial charge in [0.1, 0.15) is 4.64 Å². The number of carbonyl (C=O) groups is 1. The SMILES string of the molecule is O=C(O)Oc1cc(Cn2cc(C3c4ccccc4C=Cc4ccccc43)c(=S)[nH]c2=O)cs1. The number of hydrogen-bond acceptors (Lipinski definition) is 5. The number of ether oxygens (including phenoxy) is 1. The Bertz CT molecular complexity index is 1460. The van der Waals surface area contributed by atoms with Gasteiger partial charge >= 0.3 is 11.8 Å². The van der Waals surface area contributed by atoms with E-state index in [-0.39, 0.29) is 23.2 Å². The zero-order chi connectivity index (χ0) is 22.9. The van der Waals surface area contributed by atoms with Crippen LogP contribution in [-0.4, -0.2) is 20.8 Å². The molecule has 0 saturated heterocycles. The number of carboxylic acid groups (broad SMARTS) is 1. The molecule has 0 radical (unpaired) electrons. The molecule has 0 atom stereocenters. The molecule has 8 heteroatoms. The van der Waals surface area contributed by atoms with Crippen molar-refractivity contribution in [1.82, 2.24) is 9.55 Å². The molecule has 164 valence electrons. The van der Waals surface area contributed by atoms with E-state index in [2.05, 4.69) is 41.4 Å². The number of benzene rings is 2. The molecule has 2 aromatic heterocycles. The minimum Gasteiger partial charge on any atom is -0.449 e. The Morgan fingerprint density at radius 1 is 1.06 bits per heavy atom. The van der Waals surface area contributed by atoms with E-state index in [9.17, 15) is 9.59 Å². The predicted octanol–water partition coefficient (Wildman–Crippen LogP) is 5.74. The van der Waals surface area contributed by atoms with E-state index in [1.54, 1.807) is 22.2 Å². The largest absolute Gasteiger partial charge is 0.512 e. The molecule has 0 amide bonds. The van der Waals surface area contributed by atoms with Crippen molar-refractivity contribution in [2.75, 3.05) is 0 Å². The molecule has 0 bridgehead atoms. The van der Waals surface area contributed by atoms with E-state index in [1.165, 1.54) is 11.3 Å². The van der Waals surface area contributed by atoms with Gasteiger partial charge in [-0.2, -0.15) is 0 Å². The van der Waals surface area contributed by atoms with Gasteiger partial charge in [0, 0.05) is 17.7 Å². The van der Waals surface area contributed by atoms with Crippen molar-refractivity contribution in [2.45, 2.75) is 12.5 Å². The summed E-state index contributed by atoms with van der Waals surface area (Å²) >= 11 is 6.79. The van der Waals surface area contributed by atoms with E-state index in [0.29, 0.717) is 4.64 Å². The summed E-state index contributed by atoms with van der Waals surface area (Å²) in [6, 6.07) is 18.0. The molecule has 4 aromatic rings. The van der Waals surface area contributed by atoms with E-state index < -0.39 is 6.16 Å². The van der Waals surface area contributed by atoms with Crippen LogP contribution in [0.15, 0.2) is 71.0 Å². The number of aromatic amines is 1. The Balaban J connectivity index is 1.62. The van der Waals surface area contributed by atoms with Crippen LogP contribution in [0.2, 0.25) is 0 Å². The Kier molecular flexibility index (Phi) is 5.53. The average molecular weight is 475 g/mol. The van der Waals surface area contributed by atoms with Gasteiger partial charge in [-0.15, -0.1) is 11.3 Å². The molecule has 33 heavy (non-hydrogen) atoms. The van der Waals surface area contributed by atoms with E-state index in [0.717, 1.165) is 33.4 Å². The van der Waals surface area contributed by atoms with Crippen molar-refractivity contribution in [3.05, 3.63) is 115 Å². The number of aromatic nitrogens is 2. The maximum Gasteiger partial charge on any atom is 0.512 e. The summed E-state index contributed by atoms with van der Waals surface area (Å²) in [5, 5.41) is 10.8. The van der Waals surface area contributed by atoms with Gasteiger partial charge in [0.15, 0.2) is 5.06 Å². The molecule has 0 aliphatic heterocycles. The van der Waals surface area contributed by atoms with Crippen LogP contribution in [0.3, 0.4) is 0 Å².